The van der Waals surface area contributed by atoms with E-state index in [1.54, 1.807) is 0 Å². The largest absolute Gasteiger partial charge is 0.299 e. The van der Waals surface area contributed by atoms with E-state index in [2.05, 4.69) is 65.4 Å². The summed E-state index contributed by atoms with van der Waals surface area (Å²) >= 11 is 0. The van der Waals surface area contributed by atoms with Crippen LogP contribution in [0.1, 0.15) is 80.1 Å². The highest BCUT2D eigenvalue weighted by molar-refractivity contribution is 4.91. The lowest BCUT2D eigenvalue weighted by molar-refractivity contribution is 0.0304. The third-order valence-corrected chi connectivity index (χ3v) is 5.76. The van der Waals surface area contributed by atoms with E-state index in [0.29, 0.717) is 12.1 Å². The molecule has 0 spiro atoms. The van der Waals surface area contributed by atoms with Crippen molar-refractivity contribution in [1.82, 2.24) is 9.80 Å². The third kappa shape index (κ3) is 5.85. The van der Waals surface area contributed by atoms with Gasteiger partial charge in [-0.2, -0.15) is 0 Å². The predicted molar refractivity (Wildman–Crippen MR) is 99.4 cm³/mol. The topological polar surface area (TPSA) is 6.48 Å². The van der Waals surface area contributed by atoms with Gasteiger partial charge in [-0.3, -0.25) is 9.80 Å². The maximum absolute atomic E-state index is 2.70. The molecular weight excluding hydrogens is 268 g/mol. The quantitative estimate of drug-likeness (QED) is 0.620. The second kappa shape index (κ2) is 9.27. The Morgan fingerprint density at radius 2 is 1.00 bits per heavy atom. The van der Waals surface area contributed by atoms with Gasteiger partial charge >= 0.3 is 0 Å². The minimum Gasteiger partial charge on any atom is -0.299 e. The molecule has 1 saturated carbocycles. The van der Waals surface area contributed by atoms with Crippen LogP contribution in [-0.2, 0) is 0 Å². The number of likely N-dealkylation sites (N-methyl/N-ethyl adjacent to an activating group) is 2. The highest BCUT2D eigenvalue weighted by atomic mass is 15.2. The Labute approximate surface area is 140 Å². The predicted octanol–water partition coefficient (Wildman–Crippen LogP) is 5.03. The van der Waals surface area contributed by atoms with Crippen molar-refractivity contribution in [2.45, 2.75) is 104 Å². The number of hydrogen-bond acceptors (Lipinski definition) is 2. The molecule has 1 aliphatic carbocycles. The van der Waals surface area contributed by atoms with Crippen molar-refractivity contribution in [3.05, 3.63) is 0 Å². The lowest BCUT2D eigenvalue weighted by Gasteiger charge is -2.47. The number of nitrogens with zero attached hydrogens (tertiary/aromatic N) is 2. The highest BCUT2D eigenvalue weighted by Gasteiger charge is 2.34. The van der Waals surface area contributed by atoms with Crippen LogP contribution in [0.3, 0.4) is 0 Å². The van der Waals surface area contributed by atoms with Crippen molar-refractivity contribution in [3.8, 4) is 0 Å². The molecule has 0 bridgehead atoms. The number of hydrogen-bond donors (Lipinski definition) is 0. The smallest absolute Gasteiger partial charge is 0.0251 e. The van der Waals surface area contributed by atoms with Gasteiger partial charge in [0.05, 0.1) is 0 Å². The van der Waals surface area contributed by atoms with Gasteiger partial charge in [0, 0.05) is 24.2 Å². The van der Waals surface area contributed by atoms with E-state index in [9.17, 15) is 0 Å². The molecule has 1 rings (SSSR count). The first-order valence-corrected chi connectivity index (χ1v) is 9.67. The first kappa shape index (κ1) is 20.0. The van der Waals surface area contributed by atoms with E-state index in [-0.39, 0.29) is 0 Å². The van der Waals surface area contributed by atoms with Crippen LogP contribution < -0.4 is 0 Å². The van der Waals surface area contributed by atoms with Gasteiger partial charge in [-0.1, -0.05) is 40.5 Å². The van der Waals surface area contributed by atoms with Crippen molar-refractivity contribution in [2.24, 2.45) is 11.8 Å². The monoisotopic (exact) mass is 310 g/mol. The number of rotatable bonds is 8. The maximum atomic E-state index is 2.70. The van der Waals surface area contributed by atoms with E-state index >= 15 is 0 Å². The van der Waals surface area contributed by atoms with Crippen molar-refractivity contribution in [3.63, 3.8) is 0 Å². The molecule has 0 N–H and O–H groups in total. The van der Waals surface area contributed by atoms with Crippen LogP contribution in [0.15, 0.2) is 0 Å². The van der Waals surface area contributed by atoms with Crippen molar-refractivity contribution in [1.29, 1.82) is 0 Å². The molecule has 0 heterocycles. The van der Waals surface area contributed by atoms with Crippen molar-refractivity contribution < 1.29 is 0 Å². The summed E-state index contributed by atoms with van der Waals surface area (Å²) < 4.78 is 0. The van der Waals surface area contributed by atoms with E-state index in [0.717, 1.165) is 23.9 Å². The molecule has 0 amide bonds. The fourth-order valence-corrected chi connectivity index (χ4v) is 4.39. The molecule has 0 aliphatic heterocycles. The highest BCUT2D eigenvalue weighted by Crippen LogP contribution is 2.30. The normalized spacial score (nSPS) is 26.2. The third-order valence-electron chi connectivity index (χ3n) is 5.76. The summed E-state index contributed by atoms with van der Waals surface area (Å²) in [6.45, 7) is 14.2. The van der Waals surface area contributed by atoms with Crippen LogP contribution in [0.2, 0.25) is 0 Å². The summed E-state index contributed by atoms with van der Waals surface area (Å²) in [5, 5.41) is 0. The van der Waals surface area contributed by atoms with Crippen LogP contribution in [-0.4, -0.2) is 48.1 Å². The molecule has 0 aromatic carbocycles. The molecule has 0 aromatic heterocycles. The molecule has 0 saturated heterocycles. The van der Waals surface area contributed by atoms with Crippen LogP contribution in [0, 0.1) is 11.8 Å². The molecule has 0 radical (unpaired) electrons. The minimum atomic E-state index is 0.694. The lowest BCUT2D eigenvalue weighted by Crippen LogP contribution is -2.55. The Hall–Kier alpha value is -0.0800. The van der Waals surface area contributed by atoms with E-state index < -0.39 is 0 Å². The molecule has 1 fully saturated rings. The summed E-state index contributed by atoms with van der Waals surface area (Å²) in [6, 6.07) is 2.86. The van der Waals surface area contributed by atoms with Crippen molar-refractivity contribution >= 4 is 0 Å². The first-order chi connectivity index (χ1) is 10.2. The van der Waals surface area contributed by atoms with Crippen LogP contribution in [0.5, 0.6) is 0 Å². The van der Waals surface area contributed by atoms with E-state index in [1.165, 1.54) is 38.5 Å². The fraction of sp³-hybridized carbons (Fsp3) is 1.00. The van der Waals surface area contributed by atoms with Crippen LogP contribution in [0.25, 0.3) is 0 Å². The summed E-state index contributed by atoms with van der Waals surface area (Å²) in [5.74, 6) is 1.58. The zero-order valence-corrected chi connectivity index (χ0v) is 16.6. The summed E-state index contributed by atoms with van der Waals surface area (Å²) in [5.41, 5.74) is 0. The Bertz CT molecular complexity index is 270. The summed E-state index contributed by atoms with van der Waals surface area (Å²) in [6.07, 6.45) is 8.19. The summed E-state index contributed by atoms with van der Waals surface area (Å²) in [7, 11) is 4.74. The molecule has 2 heteroatoms. The van der Waals surface area contributed by atoms with Crippen LogP contribution in [0.4, 0.5) is 0 Å². The fourth-order valence-electron chi connectivity index (χ4n) is 4.39. The molecule has 132 valence electrons. The van der Waals surface area contributed by atoms with Gasteiger partial charge in [-0.05, 0) is 65.5 Å². The molecular formula is C20H42N2. The van der Waals surface area contributed by atoms with Gasteiger partial charge in [0.2, 0.25) is 0 Å². The van der Waals surface area contributed by atoms with E-state index in [1.807, 2.05) is 0 Å². The molecule has 22 heavy (non-hydrogen) atoms. The molecule has 4 atom stereocenters. The minimum absolute atomic E-state index is 0.694. The van der Waals surface area contributed by atoms with Crippen molar-refractivity contribution in [2.75, 3.05) is 14.1 Å². The van der Waals surface area contributed by atoms with Gasteiger partial charge in [-0.25, -0.2) is 0 Å². The molecule has 0 aromatic rings. The zero-order chi connectivity index (χ0) is 16.9. The first-order valence-electron chi connectivity index (χ1n) is 9.67. The second-order valence-corrected chi connectivity index (χ2v) is 8.71. The van der Waals surface area contributed by atoms with Crippen LogP contribution >= 0.6 is 0 Å². The zero-order valence-electron chi connectivity index (χ0n) is 16.6. The Morgan fingerprint density at radius 1 is 0.682 bits per heavy atom. The van der Waals surface area contributed by atoms with Gasteiger partial charge < -0.3 is 0 Å². The summed E-state index contributed by atoms with van der Waals surface area (Å²) in [4.78, 5) is 5.39. The molecule has 2 nitrogen and oxygen atoms in total. The average Bonchev–Trinajstić information content (AvgIpc) is 2.44. The van der Waals surface area contributed by atoms with E-state index in [4.69, 9.17) is 0 Å². The Balaban J connectivity index is 2.73. The Morgan fingerprint density at radius 3 is 1.27 bits per heavy atom. The van der Waals surface area contributed by atoms with Gasteiger partial charge in [0.25, 0.3) is 0 Å². The standard InChI is InChI=1S/C20H42N2/c1-15(2)13-17(5)21(7)19-11-9-10-12-20(19)22(8)18(6)14-16(3)4/h15-20H,9-14H2,1-8H3. The maximum Gasteiger partial charge on any atom is 0.0251 e. The second-order valence-electron chi connectivity index (χ2n) is 8.71. The van der Waals surface area contributed by atoms with Gasteiger partial charge in [-0.15, -0.1) is 0 Å². The molecule has 4 unspecified atom stereocenters. The van der Waals surface area contributed by atoms with Gasteiger partial charge in [0.1, 0.15) is 0 Å². The SMILES string of the molecule is CC(C)CC(C)N(C)C1CCCCC1N(C)C(C)CC(C)C. The van der Waals surface area contributed by atoms with Gasteiger partial charge in [0.15, 0.2) is 0 Å². The molecule has 1 aliphatic rings. The Kier molecular flexibility index (Phi) is 8.42. The average molecular weight is 311 g/mol. The lowest BCUT2D eigenvalue weighted by atomic mass is 9.86.